The minimum atomic E-state index is -4.49. The number of fused-ring (bicyclic) bond motifs is 1. The molecule has 0 unspecified atom stereocenters. The van der Waals surface area contributed by atoms with Crippen molar-refractivity contribution in [1.82, 2.24) is 14.8 Å². The number of carbonyl (C=O) groups is 1. The molecule has 2 aromatic rings. The Morgan fingerprint density at radius 3 is 2.62 bits per heavy atom. The molecule has 3 heterocycles. The molecule has 6 nitrogen and oxygen atoms in total. The summed E-state index contributed by atoms with van der Waals surface area (Å²) >= 11 is 0. The Kier molecular flexibility index (Phi) is 4.10. The van der Waals surface area contributed by atoms with Crippen LogP contribution in [0.25, 0.3) is 11.0 Å². The summed E-state index contributed by atoms with van der Waals surface area (Å²) in [5, 5.41) is 12.8. The van der Waals surface area contributed by atoms with Gasteiger partial charge in [0, 0.05) is 32.8 Å². The van der Waals surface area contributed by atoms with E-state index in [0.29, 0.717) is 25.9 Å². The fourth-order valence-electron chi connectivity index (χ4n) is 3.11. The van der Waals surface area contributed by atoms with Crippen LogP contribution in [0.4, 0.5) is 19.0 Å². The highest BCUT2D eigenvalue weighted by molar-refractivity contribution is 5.81. The molecule has 0 radical (unpaired) electrons. The molecule has 3 rings (SSSR count). The molecule has 0 amide bonds. The van der Waals surface area contributed by atoms with Gasteiger partial charge in [-0.25, -0.2) is 4.98 Å². The highest BCUT2D eigenvalue weighted by Gasteiger charge is 2.35. The van der Waals surface area contributed by atoms with E-state index in [0.717, 1.165) is 6.07 Å². The second-order valence-corrected chi connectivity index (χ2v) is 6.09. The van der Waals surface area contributed by atoms with Gasteiger partial charge in [-0.2, -0.15) is 18.3 Å². The Bertz CT molecular complexity index is 764. The lowest BCUT2D eigenvalue weighted by atomic mass is 9.93. The Balaban J connectivity index is 1.89. The largest absolute Gasteiger partial charge is 0.481 e. The predicted octanol–water partition coefficient (Wildman–Crippen LogP) is 2.68. The van der Waals surface area contributed by atoms with Crippen molar-refractivity contribution in [2.75, 3.05) is 18.0 Å². The molecule has 0 atom stereocenters. The van der Waals surface area contributed by atoms with Crippen molar-refractivity contribution in [1.29, 1.82) is 0 Å². The van der Waals surface area contributed by atoms with Crippen molar-refractivity contribution >= 4 is 22.8 Å². The minimum absolute atomic E-state index is 0.0190. The maximum atomic E-state index is 13.3. The van der Waals surface area contributed by atoms with Gasteiger partial charge in [0.15, 0.2) is 5.65 Å². The van der Waals surface area contributed by atoms with Gasteiger partial charge < -0.3 is 10.0 Å². The molecule has 1 aliphatic rings. The SMILES string of the molecule is Cn1cc2c(C(F)(F)F)cc(N3CCC(CC(=O)O)CC3)nc2n1. The minimum Gasteiger partial charge on any atom is -0.481 e. The summed E-state index contributed by atoms with van der Waals surface area (Å²) in [5.41, 5.74) is -0.682. The normalized spacial score (nSPS) is 16.8. The van der Waals surface area contributed by atoms with E-state index in [1.54, 1.807) is 11.9 Å². The lowest BCUT2D eigenvalue weighted by Gasteiger charge is -2.32. The van der Waals surface area contributed by atoms with E-state index >= 15 is 0 Å². The van der Waals surface area contributed by atoms with Crippen molar-refractivity contribution in [2.45, 2.75) is 25.4 Å². The van der Waals surface area contributed by atoms with Crippen LogP contribution in [0.2, 0.25) is 0 Å². The third kappa shape index (κ3) is 3.29. The number of aromatic nitrogens is 3. The number of hydrogen-bond donors (Lipinski definition) is 1. The molecular weight excluding hydrogens is 325 g/mol. The zero-order chi connectivity index (χ0) is 17.5. The lowest BCUT2D eigenvalue weighted by Crippen LogP contribution is -2.35. The quantitative estimate of drug-likeness (QED) is 0.929. The molecule has 0 spiro atoms. The number of carboxylic acid groups (broad SMARTS) is 1. The van der Waals surface area contributed by atoms with Crippen molar-refractivity contribution in [3.05, 3.63) is 17.8 Å². The molecule has 1 N–H and O–H groups in total. The number of piperidine rings is 1. The van der Waals surface area contributed by atoms with Crippen LogP contribution in [0.3, 0.4) is 0 Å². The molecule has 2 aromatic heterocycles. The molecule has 24 heavy (non-hydrogen) atoms. The Labute approximate surface area is 135 Å². The summed E-state index contributed by atoms with van der Waals surface area (Å²) < 4.78 is 41.3. The number of aryl methyl sites for hydroxylation is 1. The standard InChI is InChI=1S/C15H17F3N4O2/c1-21-8-10-11(15(16,17)18)7-12(19-14(10)20-21)22-4-2-9(3-5-22)6-13(23)24/h7-9H,2-6H2,1H3,(H,23,24). The third-order valence-electron chi connectivity index (χ3n) is 4.30. The summed E-state index contributed by atoms with van der Waals surface area (Å²) in [4.78, 5) is 16.8. The summed E-state index contributed by atoms with van der Waals surface area (Å²) in [6, 6.07) is 1.06. The number of carboxylic acids is 1. The van der Waals surface area contributed by atoms with Crippen LogP contribution in [0.15, 0.2) is 12.3 Å². The zero-order valence-electron chi connectivity index (χ0n) is 13.0. The maximum Gasteiger partial charge on any atom is 0.417 e. The molecule has 1 aliphatic heterocycles. The van der Waals surface area contributed by atoms with E-state index in [2.05, 4.69) is 10.1 Å². The first-order chi connectivity index (χ1) is 11.2. The van der Waals surface area contributed by atoms with Crippen LogP contribution >= 0.6 is 0 Å². The number of anilines is 1. The molecular formula is C15H17F3N4O2. The van der Waals surface area contributed by atoms with E-state index in [4.69, 9.17) is 5.11 Å². The van der Waals surface area contributed by atoms with Crippen LogP contribution < -0.4 is 4.90 Å². The highest BCUT2D eigenvalue weighted by atomic mass is 19.4. The molecule has 0 aromatic carbocycles. The molecule has 0 saturated carbocycles. The number of hydrogen-bond acceptors (Lipinski definition) is 4. The maximum absolute atomic E-state index is 13.3. The van der Waals surface area contributed by atoms with Crippen LogP contribution in [-0.2, 0) is 18.0 Å². The first-order valence-electron chi connectivity index (χ1n) is 7.62. The number of halogens is 3. The molecule has 130 valence electrons. The van der Waals surface area contributed by atoms with Gasteiger partial charge in [-0.1, -0.05) is 0 Å². The first-order valence-corrected chi connectivity index (χ1v) is 7.62. The Morgan fingerprint density at radius 1 is 1.38 bits per heavy atom. The average molecular weight is 342 g/mol. The highest BCUT2D eigenvalue weighted by Crippen LogP contribution is 2.36. The molecule has 0 bridgehead atoms. The smallest absolute Gasteiger partial charge is 0.417 e. The number of nitrogens with zero attached hydrogens (tertiary/aromatic N) is 4. The van der Waals surface area contributed by atoms with Crippen LogP contribution in [0.1, 0.15) is 24.8 Å². The summed E-state index contributed by atoms with van der Waals surface area (Å²) in [7, 11) is 1.55. The summed E-state index contributed by atoms with van der Waals surface area (Å²) in [6.45, 7) is 0.973. The van der Waals surface area contributed by atoms with Gasteiger partial charge in [0.1, 0.15) is 5.82 Å². The molecule has 9 heteroatoms. The predicted molar refractivity (Wildman–Crippen MR) is 80.7 cm³/mol. The summed E-state index contributed by atoms with van der Waals surface area (Å²) in [6.07, 6.45) is -1.84. The molecule has 1 saturated heterocycles. The van der Waals surface area contributed by atoms with Gasteiger partial charge in [-0.05, 0) is 24.8 Å². The van der Waals surface area contributed by atoms with Crippen molar-refractivity contribution < 1.29 is 23.1 Å². The number of alkyl halides is 3. The van der Waals surface area contributed by atoms with E-state index < -0.39 is 17.7 Å². The van der Waals surface area contributed by atoms with Crippen LogP contribution in [-0.4, -0.2) is 38.9 Å². The van der Waals surface area contributed by atoms with Gasteiger partial charge in [0.2, 0.25) is 0 Å². The lowest BCUT2D eigenvalue weighted by molar-refractivity contribution is -0.138. The third-order valence-corrected chi connectivity index (χ3v) is 4.30. The topological polar surface area (TPSA) is 71.2 Å². The van der Waals surface area contributed by atoms with Crippen molar-refractivity contribution in [3.8, 4) is 0 Å². The van der Waals surface area contributed by atoms with Gasteiger partial charge >= 0.3 is 12.1 Å². The van der Waals surface area contributed by atoms with Crippen LogP contribution in [0, 0.1) is 5.92 Å². The van der Waals surface area contributed by atoms with E-state index in [9.17, 15) is 18.0 Å². The Morgan fingerprint density at radius 2 is 2.04 bits per heavy atom. The monoisotopic (exact) mass is 342 g/mol. The Hall–Kier alpha value is -2.32. The first kappa shape index (κ1) is 16.5. The van der Waals surface area contributed by atoms with E-state index in [-0.39, 0.29) is 29.2 Å². The molecule has 1 fully saturated rings. The fourth-order valence-corrected chi connectivity index (χ4v) is 3.11. The van der Waals surface area contributed by atoms with Crippen molar-refractivity contribution in [2.24, 2.45) is 13.0 Å². The summed E-state index contributed by atoms with van der Waals surface area (Å²) in [5.74, 6) is -0.553. The van der Waals surface area contributed by atoms with Gasteiger partial charge in [-0.15, -0.1) is 0 Å². The zero-order valence-corrected chi connectivity index (χ0v) is 13.0. The second kappa shape index (κ2) is 5.95. The van der Waals surface area contributed by atoms with Gasteiger partial charge in [0.25, 0.3) is 0 Å². The van der Waals surface area contributed by atoms with Crippen molar-refractivity contribution in [3.63, 3.8) is 0 Å². The fraction of sp³-hybridized carbons (Fsp3) is 0.533. The van der Waals surface area contributed by atoms with E-state index in [1.165, 1.54) is 10.9 Å². The van der Waals surface area contributed by atoms with E-state index in [1.807, 2.05) is 0 Å². The number of rotatable bonds is 3. The van der Waals surface area contributed by atoms with Crippen LogP contribution in [0.5, 0.6) is 0 Å². The molecule has 0 aliphatic carbocycles. The van der Waals surface area contributed by atoms with Gasteiger partial charge in [-0.3, -0.25) is 9.48 Å². The average Bonchev–Trinajstić information content (AvgIpc) is 2.85. The second-order valence-electron chi connectivity index (χ2n) is 6.09. The number of aliphatic carboxylic acids is 1. The number of pyridine rings is 1. The van der Waals surface area contributed by atoms with Gasteiger partial charge in [0.05, 0.1) is 10.9 Å².